The SMILES string of the molecule is Cc1ccc(C(=O)N2CCCC(C(=O)Nc3cccc(S(=O)(=O)N4CCN(C)CC4)c3)C2)cc1. The number of piperidine rings is 1. The van der Waals surface area contributed by atoms with Gasteiger partial charge in [-0.25, -0.2) is 8.42 Å². The van der Waals surface area contributed by atoms with Crippen molar-refractivity contribution >= 4 is 27.5 Å². The molecule has 2 heterocycles. The molecule has 34 heavy (non-hydrogen) atoms. The second-order valence-corrected chi connectivity index (χ2v) is 11.1. The fourth-order valence-corrected chi connectivity index (χ4v) is 5.88. The molecule has 2 aliphatic rings. The molecule has 0 bridgehead atoms. The van der Waals surface area contributed by atoms with Crippen LogP contribution in [0.25, 0.3) is 0 Å². The Labute approximate surface area is 201 Å². The summed E-state index contributed by atoms with van der Waals surface area (Å²) in [7, 11) is -1.65. The van der Waals surface area contributed by atoms with Gasteiger partial charge in [0.25, 0.3) is 5.91 Å². The molecule has 1 unspecified atom stereocenters. The number of benzene rings is 2. The molecule has 4 rings (SSSR count). The van der Waals surface area contributed by atoms with Crippen LogP contribution in [0.3, 0.4) is 0 Å². The summed E-state index contributed by atoms with van der Waals surface area (Å²) < 4.78 is 27.6. The first kappa shape index (κ1) is 24.4. The zero-order valence-corrected chi connectivity index (χ0v) is 20.6. The van der Waals surface area contributed by atoms with Crippen molar-refractivity contribution in [2.75, 3.05) is 51.6 Å². The van der Waals surface area contributed by atoms with Crippen LogP contribution in [0.5, 0.6) is 0 Å². The van der Waals surface area contributed by atoms with Gasteiger partial charge in [0.05, 0.1) is 10.8 Å². The summed E-state index contributed by atoms with van der Waals surface area (Å²) in [5.74, 6) is -0.616. The van der Waals surface area contributed by atoms with Crippen molar-refractivity contribution in [3.8, 4) is 0 Å². The number of aryl methyl sites for hydroxylation is 1. The first-order chi connectivity index (χ1) is 16.2. The van der Waals surface area contributed by atoms with Gasteiger partial charge in [-0.1, -0.05) is 23.8 Å². The van der Waals surface area contributed by atoms with Gasteiger partial charge in [-0.15, -0.1) is 0 Å². The number of rotatable bonds is 5. The van der Waals surface area contributed by atoms with E-state index in [-0.39, 0.29) is 22.6 Å². The molecule has 2 aromatic carbocycles. The molecule has 0 radical (unpaired) electrons. The number of carbonyl (C=O) groups excluding carboxylic acids is 2. The van der Waals surface area contributed by atoms with Gasteiger partial charge < -0.3 is 15.1 Å². The van der Waals surface area contributed by atoms with Crippen LogP contribution < -0.4 is 5.32 Å². The minimum absolute atomic E-state index is 0.0715. The van der Waals surface area contributed by atoms with Gasteiger partial charge >= 0.3 is 0 Å². The van der Waals surface area contributed by atoms with Gasteiger partial charge in [-0.2, -0.15) is 4.31 Å². The minimum Gasteiger partial charge on any atom is -0.338 e. The summed E-state index contributed by atoms with van der Waals surface area (Å²) in [4.78, 5) is 29.9. The van der Waals surface area contributed by atoms with Gasteiger partial charge in [0.15, 0.2) is 0 Å². The van der Waals surface area contributed by atoms with Crippen molar-refractivity contribution in [1.29, 1.82) is 0 Å². The summed E-state index contributed by atoms with van der Waals surface area (Å²) in [5, 5.41) is 2.87. The van der Waals surface area contributed by atoms with Crippen LogP contribution in [0, 0.1) is 12.8 Å². The number of amides is 2. The number of carbonyl (C=O) groups is 2. The average molecular weight is 485 g/mol. The second-order valence-electron chi connectivity index (χ2n) is 9.18. The molecule has 182 valence electrons. The van der Waals surface area contributed by atoms with E-state index in [1.165, 1.54) is 10.4 Å². The molecular formula is C25H32N4O4S. The van der Waals surface area contributed by atoms with Crippen molar-refractivity contribution in [3.05, 3.63) is 59.7 Å². The summed E-state index contributed by atoms with van der Waals surface area (Å²) in [6, 6.07) is 13.9. The van der Waals surface area contributed by atoms with Gasteiger partial charge in [-0.05, 0) is 57.1 Å². The van der Waals surface area contributed by atoms with E-state index in [4.69, 9.17) is 0 Å². The first-order valence-corrected chi connectivity index (χ1v) is 13.1. The molecule has 2 aliphatic heterocycles. The standard InChI is InChI=1S/C25H32N4O4S/c1-19-8-10-20(11-9-19)25(31)28-12-4-5-21(18-28)24(30)26-22-6-3-7-23(17-22)34(32,33)29-15-13-27(2)14-16-29/h3,6-11,17,21H,4-5,12-16,18H2,1-2H3,(H,26,30). The third-order valence-electron chi connectivity index (χ3n) is 6.58. The molecule has 2 aromatic rings. The maximum absolute atomic E-state index is 13.1. The minimum atomic E-state index is -3.62. The Hall–Kier alpha value is -2.75. The van der Waals surface area contributed by atoms with E-state index >= 15 is 0 Å². The number of hydrogen-bond acceptors (Lipinski definition) is 5. The van der Waals surface area contributed by atoms with Gasteiger partial charge in [0.1, 0.15) is 0 Å². The van der Waals surface area contributed by atoms with Crippen LogP contribution in [0.1, 0.15) is 28.8 Å². The lowest BCUT2D eigenvalue weighted by Gasteiger charge is -2.32. The highest BCUT2D eigenvalue weighted by Gasteiger charge is 2.30. The zero-order valence-electron chi connectivity index (χ0n) is 19.7. The molecular weight excluding hydrogens is 452 g/mol. The van der Waals surface area contributed by atoms with E-state index < -0.39 is 10.0 Å². The lowest BCUT2D eigenvalue weighted by Crippen LogP contribution is -2.47. The predicted octanol–water partition coefficient (Wildman–Crippen LogP) is 2.42. The number of nitrogens with zero attached hydrogens (tertiary/aromatic N) is 3. The van der Waals surface area contributed by atoms with Crippen molar-refractivity contribution in [2.45, 2.75) is 24.7 Å². The molecule has 0 aliphatic carbocycles. The predicted molar refractivity (Wildman–Crippen MR) is 131 cm³/mol. The van der Waals surface area contributed by atoms with E-state index in [0.717, 1.165) is 12.0 Å². The van der Waals surface area contributed by atoms with Crippen LogP contribution in [-0.4, -0.2) is 80.7 Å². The molecule has 9 heteroatoms. The van der Waals surface area contributed by atoms with Crippen molar-refractivity contribution in [3.63, 3.8) is 0 Å². The second kappa shape index (κ2) is 10.2. The van der Waals surface area contributed by atoms with E-state index in [9.17, 15) is 18.0 Å². The molecule has 0 saturated carbocycles. The Morgan fingerprint density at radius 1 is 0.971 bits per heavy atom. The average Bonchev–Trinajstić information content (AvgIpc) is 2.84. The monoisotopic (exact) mass is 484 g/mol. The molecule has 2 fully saturated rings. The van der Waals surface area contributed by atoms with E-state index in [1.54, 1.807) is 23.1 Å². The number of sulfonamides is 1. The highest BCUT2D eigenvalue weighted by atomic mass is 32.2. The molecule has 0 spiro atoms. The van der Waals surface area contributed by atoms with Crippen LogP contribution in [0.4, 0.5) is 5.69 Å². The third kappa shape index (κ3) is 5.48. The molecule has 8 nitrogen and oxygen atoms in total. The zero-order chi connectivity index (χ0) is 24.3. The molecule has 0 aromatic heterocycles. The Morgan fingerprint density at radius 3 is 2.38 bits per heavy atom. The fraction of sp³-hybridized carbons (Fsp3) is 0.440. The van der Waals surface area contributed by atoms with Gasteiger partial charge in [0.2, 0.25) is 15.9 Å². The molecule has 2 saturated heterocycles. The number of likely N-dealkylation sites (N-methyl/N-ethyl adjacent to an activating group) is 1. The van der Waals surface area contributed by atoms with E-state index in [2.05, 4.69) is 10.2 Å². The summed E-state index contributed by atoms with van der Waals surface area (Å²) in [6.07, 6.45) is 1.43. The number of piperazine rings is 1. The van der Waals surface area contributed by atoms with Crippen LogP contribution >= 0.6 is 0 Å². The third-order valence-corrected chi connectivity index (χ3v) is 8.47. The van der Waals surface area contributed by atoms with Gasteiger partial charge in [-0.3, -0.25) is 9.59 Å². The lowest BCUT2D eigenvalue weighted by molar-refractivity contribution is -0.121. The Kier molecular flexibility index (Phi) is 7.35. The van der Waals surface area contributed by atoms with Gasteiger partial charge in [0, 0.05) is 50.5 Å². The van der Waals surface area contributed by atoms with Crippen molar-refractivity contribution in [1.82, 2.24) is 14.1 Å². The lowest BCUT2D eigenvalue weighted by atomic mass is 9.96. The molecule has 1 atom stereocenters. The van der Waals surface area contributed by atoms with Crippen molar-refractivity contribution < 1.29 is 18.0 Å². The molecule has 1 N–H and O–H groups in total. The summed E-state index contributed by atoms with van der Waals surface area (Å²) in [6.45, 7) is 5.21. The van der Waals surface area contributed by atoms with E-state index in [0.29, 0.717) is 56.9 Å². The smallest absolute Gasteiger partial charge is 0.253 e. The summed E-state index contributed by atoms with van der Waals surface area (Å²) in [5.41, 5.74) is 2.15. The normalized spacial score (nSPS) is 20.2. The van der Waals surface area contributed by atoms with Crippen molar-refractivity contribution in [2.24, 2.45) is 5.92 Å². The number of anilines is 1. The fourth-order valence-electron chi connectivity index (χ4n) is 4.41. The number of hydrogen-bond donors (Lipinski definition) is 1. The largest absolute Gasteiger partial charge is 0.338 e. The maximum Gasteiger partial charge on any atom is 0.253 e. The Morgan fingerprint density at radius 2 is 1.68 bits per heavy atom. The highest BCUT2D eigenvalue weighted by molar-refractivity contribution is 7.89. The number of nitrogens with one attached hydrogen (secondary N) is 1. The number of likely N-dealkylation sites (tertiary alicyclic amines) is 1. The topological polar surface area (TPSA) is 90.0 Å². The Balaban J connectivity index is 1.41. The quantitative estimate of drug-likeness (QED) is 0.704. The Bertz CT molecular complexity index is 1140. The van der Waals surface area contributed by atoms with E-state index in [1.807, 2.05) is 38.2 Å². The maximum atomic E-state index is 13.1. The van der Waals surface area contributed by atoms with Crippen LogP contribution in [-0.2, 0) is 14.8 Å². The summed E-state index contributed by atoms with van der Waals surface area (Å²) >= 11 is 0. The van der Waals surface area contributed by atoms with Crippen LogP contribution in [0.15, 0.2) is 53.4 Å². The van der Waals surface area contributed by atoms with Crippen LogP contribution in [0.2, 0.25) is 0 Å². The highest BCUT2D eigenvalue weighted by Crippen LogP contribution is 2.24. The first-order valence-electron chi connectivity index (χ1n) is 11.7. The molecule has 2 amide bonds.